The summed E-state index contributed by atoms with van der Waals surface area (Å²) in [5, 5.41) is 15.7. The van der Waals surface area contributed by atoms with Gasteiger partial charge in [0, 0.05) is 12.5 Å². The summed E-state index contributed by atoms with van der Waals surface area (Å²) in [6.07, 6.45) is -0.323. The first-order chi connectivity index (χ1) is 18.7. The minimum Gasteiger partial charge on any atom is -0.481 e. The van der Waals surface area contributed by atoms with Crippen molar-refractivity contribution in [1.29, 1.82) is 0 Å². The van der Waals surface area contributed by atoms with E-state index in [1.165, 1.54) is 11.8 Å². The number of amides is 4. The molecular weight excluding hydrogens is 504 g/mol. The Morgan fingerprint density at radius 1 is 1.00 bits per heavy atom. The van der Waals surface area contributed by atoms with Crippen LogP contribution in [0.3, 0.4) is 0 Å². The minimum absolute atomic E-state index is 0.182. The summed E-state index contributed by atoms with van der Waals surface area (Å²) < 4.78 is 0. The van der Waals surface area contributed by atoms with Crippen LogP contribution < -0.4 is 20.4 Å². The Morgan fingerprint density at radius 3 is 2.33 bits per heavy atom. The Kier molecular flexibility index (Phi) is 7.99. The summed E-state index contributed by atoms with van der Waals surface area (Å²) in [4.78, 5) is 77.0. The smallest absolute Gasteiger partial charge is 0.305 e. The number of para-hydroxylation sites is 2. The topological polar surface area (TPSA) is 153 Å². The van der Waals surface area contributed by atoms with Crippen LogP contribution in [0.25, 0.3) is 10.8 Å². The molecular formula is C28H26N4O7. The third-order valence-electron chi connectivity index (χ3n) is 6.30. The quantitative estimate of drug-likeness (QED) is 0.373. The van der Waals surface area contributed by atoms with Crippen LogP contribution in [0.15, 0.2) is 66.7 Å². The van der Waals surface area contributed by atoms with Crippen molar-refractivity contribution < 1.29 is 33.9 Å². The van der Waals surface area contributed by atoms with Crippen LogP contribution in [0.5, 0.6) is 0 Å². The molecule has 11 heteroatoms. The Morgan fingerprint density at radius 2 is 1.67 bits per heavy atom. The average Bonchev–Trinajstić information content (AvgIpc) is 3.02. The van der Waals surface area contributed by atoms with Crippen molar-refractivity contribution in [3.8, 4) is 0 Å². The molecule has 0 fully saturated rings. The predicted octanol–water partition coefficient (Wildman–Crippen LogP) is 1.50. The normalized spacial score (nSPS) is 15.6. The van der Waals surface area contributed by atoms with Crippen LogP contribution in [0.4, 0.5) is 11.4 Å². The number of hydrogen-bond acceptors (Lipinski definition) is 6. The van der Waals surface area contributed by atoms with Crippen LogP contribution in [0.2, 0.25) is 0 Å². The molecule has 0 bridgehead atoms. The van der Waals surface area contributed by atoms with Gasteiger partial charge in [0.25, 0.3) is 11.8 Å². The van der Waals surface area contributed by atoms with Crippen molar-refractivity contribution in [3.63, 3.8) is 0 Å². The molecule has 0 radical (unpaired) electrons. The average molecular weight is 531 g/mol. The summed E-state index contributed by atoms with van der Waals surface area (Å²) in [5.74, 6) is -3.64. The molecule has 0 spiro atoms. The number of rotatable bonds is 8. The lowest BCUT2D eigenvalue weighted by Crippen LogP contribution is -2.54. The minimum atomic E-state index is -1.29. The number of benzene rings is 3. The van der Waals surface area contributed by atoms with E-state index in [2.05, 4.69) is 10.6 Å². The number of carboxylic acids is 1. The predicted molar refractivity (Wildman–Crippen MR) is 142 cm³/mol. The van der Waals surface area contributed by atoms with Crippen LogP contribution >= 0.6 is 0 Å². The number of fused-ring (bicyclic) bond motifs is 2. The lowest BCUT2D eigenvalue weighted by molar-refractivity contribution is -0.139. The van der Waals surface area contributed by atoms with Gasteiger partial charge in [0.2, 0.25) is 11.8 Å². The Labute approximate surface area is 223 Å². The zero-order valence-corrected chi connectivity index (χ0v) is 21.0. The van der Waals surface area contributed by atoms with Gasteiger partial charge in [-0.05, 0) is 35.0 Å². The van der Waals surface area contributed by atoms with Gasteiger partial charge in [0.05, 0.1) is 30.4 Å². The summed E-state index contributed by atoms with van der Waals surface area (Å²) in [7, 11) is 0. The first-order valence-corrected chi connectivity index (χ1v) is 12.1. The van der Waals surface area contributed by atoms with Crippen LogP contribution in [0, 0.1) is 0 Å². The highest BCUT2D eigenvalue weighted by atomic mass is 16.4. The van der Waals surface area contributed by atoms with Crippen LogP contribution in [0.1, 0.15) is 23.7 Å². The number of nitrogens with one attached hydrogen (secondary N) is 2. The SMILES string of the molecule is CC(=O)N1C[C@H](NC(=O)c2ccc3ccccc3c2)C(=O)N(CC(=O)N[C@H](C=O)CC(=O)O)c2ccccc21. The van der Waals surface area contributed by atoms with Crippen molar-refractivity contribution in [1.82, 2.24) is 10.6 Å². The fourth-order valence-electron chi connectivity index (χ4n) is 4.44. The van der Waals surface area contributed by atoms with Gasteiger partial charge in [-0.3, -0.25) is 28.9 Å². The van der Waals surface area contributed by atoms with Gasteiger partial charge in [-0.1, -0.05) is 42.5 Å². The Balaban J connectivity index is 1.64. The number of anilines is 2. The number of nitrogens with zero attached hydrogens (tertiary/aromatic N) is 2. The molecule has 0 saturated heterocycles. The van der Waals surface area contributed by atoms with E-state index < -0.39 is 48.7 Å². The Hall–Kier alpha value is -5.06. The van der Waals surface area contributed by atoms with Gasteiger partial charge in [-0.15, -0.1) is 0 Å². The van der Waals surface area contributed by atoms with Crippen molar-refractivity contribution in [2.24, 2.45) is 0 Å². The first kappa shape index (κ1) is 27.0. The number of carboxylic acid groups (broad SMARTS) is 1. The van der Waals surface area contributed by atoms with Gasteiger partial charge in [0.15, 0.2) is 0 Å². The molecule has 1 aliphatic heterocycles. The van der Waals surface area contributed by atoms with Crippen molar-refractivity contribution in [2.45, 2.75) is 25.4 Å². The number of carbonyl (C=O) groups is 6. The van der Waals surface area contributed by atoms with E-state index in [4.69, 9.17) is 5.11 Å². The summed E-state index contributed by atoms with van der Waals surface area (Å²) in [6.45, 7) is 0.568. The number of hydrogen-bond donors (Lipinski definition) is 3. The molecule has 200 valence electrons. The third-order valence-corrected chi connectivity index (χ3v) is 6.30. The van der Waals surface area contributed by atoms with Crippen molar-refractivity contribution in [3.05, 3.63) is 72.3 Å². The molecule has 0 aromatic heterocycles. The standard InChI is InChI=1S/C28H26N4O7/c1-17(34)31-14-22(30-27(38)20-11-10-18-6-2-3-7-19(18)12-20)28(39)32(24-9-5-4-8-23(24)31)15-25(35)29-21(16-33)13-26(36)37/h2-12,16,21-22H,13-15H2,1H3,(H,29,35)(H,30,38)(H,36,37)/t21-,22-/m0/s1. The van der Waals surface area contributed by atoms with E-state index >= 15 is 0 Å². The maximum Gasteiger partial charge on any atom is 0.305 e. The number of carbonyl (C=O) groups excluding carboxylic acids is 5. The fraction of sp³-hybridized carbons (Fsp3) is 0.214. The second-order valence-electron chi connectivity index (χ2n) is 9.04. The lowest BCUT2D eigenvalue weighted by atomic mass is 10.1. The third kappa shape index (κ3) is 6.09. The van der Waals surface area contributed by atoms with E-state index in [1.54, 1.807) is 42.5 Å². The summed E-state index contributed by atoms with van der Waals surface area (Å²) >= 11 is 0. The monoisotopic (exact) mass is 530 g/mol. The molecule has 3 aromatic rings. The van der Waals surface area contributed by atoms with Crippen molar-refractivity contribution >= 4 is 58.0 Å². The lowest BCUT2D eigenvalue weighted by Gasteiger charge is -2.25. The summed E-state index contributed by atoms with van der Waals surface area (Å²) in [5.41, 5.74) is 0.909. The Bertz CT molecular complexity index is 1470. The van der Waals surface area contributed by atoms with E-state index in [1.807, 2.05) is 24.3 Å². The molecule has 4 rings (SSSR count). The number of aliphatic carboxylic acids is 1. The fourth-order valence-corrected chi connectivity index (χ4v) is 4.44. The molecule has 0 aliphatic carbocycles. The molecule has 0 saturated carbocycles. The van der Waals surface area contributed by atoms with Crippen molar-refractivity contribution in [2.75, 3.05) is 22.9 Å². The molecule has 4 amide bonds. The van der Waals surface area contributed by atoms with Crippen LogP contribution in [-0.2, 0) is 24.0 Å². The molecule has 1 heterocycles. The zero-order valence-electron chi connectivity index (χ0n) is 21.0. The molecule has 39 heavy (non-hydrogen) atoms. The molecule has 1 aliphatic rings. The van der Waals surface area contributed by atoms with Gasteiger partial charge >= 0.3 is 5.97 Å². The molecule has 3 N–H and O–H groups in total. The zero-order chi connectivity index (χ0) is 28.1. The summed E-state index contributed by atoms with van der Waals surface area (Å²) in [6, 6.07) is 16.5. The number of aldehydes is 1. The molecule has 0 unspecified atom stereocenters. The highest BCUT2D eigenvalue weighted by Gasteiger charge is 2.37. The second-order valence-corrected chi connectivity index (χ2v) is 9.04. The maximum absolute atomic E-state index is 13.8. The maximum atomic E-state index is 13.8. The van der Waals surface area contributed by atoms with E-state index in [-0.39, 0.29) is 18.1 Å². The molecule has 2 atom stereocenters. The highest BCUT2D eigenvalue weighted by molar-refractivity contribution is 6.11. The van der Waals surface area contributed by atoms with Gasteiger partial charge in [-0.25, -0.2) is 0 Å². The van der Waals surface area contributed by atoms with Gasteiger partial charge in [0.1, 0.15) is 18.9 Å². The van der Waals surface area contributed by atoms with Crippen LogP contribution in [-0.4, -0.2) is 66.2 Å². The van der Waals surface area contributed by atoms with Gasteiger partial charge < -0.3 is 25.4 Å². The van der Waals surface area contributed by atoms with E-state index in [0.717, 1.165) is 15.7 Å². The largest absolute Gasteiger partial charge is 0.481 e. The molecule has 3 aromatic carbocycles. The first-order valence-electron chi connectivity index (χ1n) is 12.1. The highest BCUT2D eigenvalue weighted by Crippen LogP contribution is 2.33. The van der Waals surface area contributed by atoms with E-state index in [0.29, 0.717) is 17.5 Å². The second kappa shape index (κ2) is 11.5. The van der Waals surface area contributed by atoms with Gasteiger partial charge in [-0.2, -0.15) is 0 Å². The van der Waals surface area contributed by atoms with E-state index in [9.17, 15) is 28.8 Å². The molecule has 11 nitrogen and oxygen atoms in total.